The van der Waals surface area contributed by atoms with Crippen LogP contribution in [0.4, 0.5) is 0 Å². The predicted octanol–water partition coefficient (Wildman–Crippen LogP) is -0.483. The zero-order chi connectivity index (χ0) is 6.85. The van der Waals surface area contributed by atoms with Gasteiger partial charge in [-0.15, -0.1) is 0 Å². The molecule has 0 aromatic heterocycles. The SMILES string of the molecule is C[C@@H]1O[C@@H](CO)C[C@H]1O. The summed E-state index contributed by atoms with van der Waals surface area (Å²) in [6.45, 7) is 1.82. The lowest BCUT2D eigenvalue weighted by molar-refractivity contribution is 0.000607. The Balaban J connectivity index is 2.35. The molecule has 1 fully saturated rings. The van der Waals surface area contributed by atoms with Gasteiger partial charge in [0.05, 0.1) is 24.9 Å². The van der Waals surface area contributed by atoms with E-state index in [0.717, 1.165) is 0 Å². The summed E-state index contributed by atoms with van der Waals surface area (Å²) in [6, 6.07) is 0. The van der Waals surface area contributed by atoms with Gasteiger partial charge in [-0.05, 0) is 6.92 Å². The molecule has 3 nitrogen and oxygen atoms in total. The van der Waals surface area contributed by atoms with Gasteiger partial charge in [-0.1, -0.05) is 0 Å². The van der Waals surface area contributed by atoms with Gasteiger partial charge < -0.3 is 14.9 Å². The van der Waals surface area contributed by atoms with Gasteiger partial charge in [-0.25, -0.2) is 0 Å². The summed E-state index contributed by atoms with van der Waals surface area (Å²) in [6.07, 6.45) is -0.0724. The Bertz CT molecular complexity index is 84.3. The lowest BCUT2D eigenvalue weighted by atomic mass is 10.2. The van der Waals surface area contributed by atoms with Crippen molar-refractivity contribution in [3.63, 3.8) is 0 Å². The van der Waals surface area contributed by atoms with Crippen LogP contribution in [-0.2, 0) is 4.74 Å². The molecule has 0 amide bonds. The molecule has 0 spiro atoms. The van der Waals surface area contributed by atoms with Crippen molar-refractivity contribution >= 4 is 0 Å². The topological polar surface area (TPSA) is 49.7 Å². The van der Waals surface area contributed by atoms with Crippen molar-refractivity contribution in [2.24, 2.45) is 0 Å². The maximum atomic E-state index is 9.06. The molecule has 0 aromatic carbocycles. The Hall–Kier alpha value is -0.120. The average Bonchev–Trinajstić information content (AvgIpc) is 2.13. The lowest BCUT2D eigenvalue weighted by Crippen LogP contribution is -2.15. The number of ether oxygens (including phenoxy) is 1. The van der Waals surface area contributed by atoms with E-state index in [4.69, 9.17) is 14.9 Å². The predicted molar refractivity (Wildman–Crippen MR) is 32.0 cm³/mol. The Kier molecular flexibility index (Phi) is 2.05. The van der Waals surface area contributed by atoms with Crippen molar-refractivity contribution in [2.75, 3.05) is 6.61 Å². The van der Waals surface area contributed by atoms with Crippen LogP contribution in [0.25, 0.3) is 0 Å². The van der Waals surface area contributed by atoms with Crippen molar-refractivity contribution in [1.82, 2.24) is 0 Å². The molecule has 54 valence electrons. The molecule has 1 heterocycles. The smallest absolute Gasteiger partial charge is 0.0836 e. The summed E-state index contributed by atoms with van der Waals surface area (Å²) >= 11 is 0. The maximum absolute atomic E-state index is 9.06. The molecule has 1 rings (SSSR count). The highest BCUT2D eigenvalue weighted by Gasteiger charge is 2.29. The highest BCUT2D eigenvalue weighted by molar-refractivity contribution is 4.77. The first-order chi connectivity index (χ1) is 4.24. The first-order valence-corrected chi connectivity index (χ1v) is 3.18. The monoisotopic (exact) mass is 132 g/mol. The third-order valence-electron chi connectivity index (χ3n) is 1.66. The third-order valence-corrected chi connectivity index (χ3v) is 1.66. The summed E-state index contributed by atoms with van der Waals surface area (Å²) in [7, 11) is 0. The van der Waals surface area contributed by atoms with Gasteiger partial charge in [0.2, 0.25) is 0 Å². The van der Waals surface area contributed by atoms with Crippen LogP contribution < -0.4 is 0 Å². The van der Waals surface area contributed by atoms with Gasteiger partial charge in [0, 0.05) is 6.42 Å². The van der Waals surface area contributed by atoms with Gasteiger partial charge >= 0.3 is 0 Å². The lowest BCUT2D eigenvalue weighted by Gasteiger charge is -2.05. The van der Waals surface area contributed by atoms with Gasteiger partial charge in [-0.3, -0.25) is 0 Å². The fourth-order valence-electron chi connectivity index (χ4n) is 1.03. The van der Waals surface area contributed by atoms with Crippen molar-refractivity contribution in [3.05, 3.63) is 0 Å². The molecular formula is C6H12O3. The molecule has 0 unspecified atom stereocenters. The molecular weight excluding hydrogens is 120 g/mol. The molecule has 1 aliphatic heterocycles. The molecule has 2 N–H and O–H groups in total. The van der Waals surface area contributed by atoms with Crippen LogP contribution in [0.15, 0.2) is 0 Å². The molecule has 0 saturated carbocycles. The van der Waals surface area contributed by atoms with E-state index >= 15 is 0 Å². The van der Waals surface area contributed by atoms with E-state index in [1.165, 1.54) is 0 Å². The number of hydrogen-bond donors (Lipinski definition) is 2. The number of aliphatic hydroxyl groups is 2. The van der Waals surface area contributed by atoms with Crippen LogP contribution in [0, 0.1) is 0 Å². The van der Waals surface area contributed by atoms with E-state index in [0.29, 0.717) is 6.42 Å². The summed E-state index contributed by atoms with van der Waals surface area (Å²) in [5.74, 6) is 0. The Labute approximate surface area is 54.3 Å². The van der Waals surface area contributed by atoms with Crippen LogP contribution >= 0.6 is 0 Å². The van der Waals surface area contributed by atoms with Crippen LogP contribution in [0.1, 0.15) is 13.3 Å². The van der Waals surface area contributed by atoms with Gasteiger partial charge in [0.1, 0.15) is 0 Å². The Morgan fingerprint density at radius 3 is 2.56 bits per heavy atom. The van der Waals surface area contributed by atoms with E-state index < -0.39 is 0 Å². The van der Waals surface area contributed by atoms with Gasteiger partial charge in [0.15, 0.2) is 0 Å². The fraction of sp³-hybridized carbons (Fsp3) is 1.00. The molecule has 0 aliphatic carbocycles. The summed E-state index contributed by atoms with van der Waals surface area (Å²) < 4.78 is 5.12. The van der Waals surface area contributed by atoms with Crippen LogP contribution in [0.5, 0.6) is 0 Å². The minimum atomic E-state index is -0.387. The quantitative estimate of drug-likeness (QED) is 0.506. The normalized spacial score (nSPS) is 43.7. The molecule has 3 atom stereocenters. The van der Waals surface area contributed by atoms with Crippen molar-refractivity contribution < 1.29 is 14.9 Å². The van der Waals surface area contributed by atoms with E-state index in [-0.39, 0.29) is 24.9 Å². The second-order valence-corrected chi connectivity index (χ2v) is 2.45. The van der Waals surface area contributed by atoms with Gasteiger partial charge in [-0.2, -0.15) is 0 Å². The van der Waals surface area contributed by atoms with Crippen molar-refractivity contribution in [1.29, 1.82) is 0 Å². The zero-order valence-corrected chi connectivity index (χ0v) is 5.45. The van der Waals surface area contributed by atoms with E-state index in [1.807, 2.05) is 0 Å². The molecule has 0 radical (unpaired) electrons. The molecule has 9 heavy (non-hydrogen) atoms. The third kappa shape index (κ3) is 1.41. The molecule has 0 bridgehead atoms. The summed E-state index contributed by atoms with van der Waals surface area (Å²) in [5, 5.41) is 17.6. The standard InChI is InChI=1S/C6H12O3/c1-4-6(8)2-5(3-7)9-4/h4-8H,2-3H2,1H3/t4-,5+,6+/m0/s1. The van der Waals surface area contributed by atoms with Crippen LogP contribution in [0.3, 0.4) is 0 Å². The second kappa shape index (κ2) is 2.64. The van der Waals surface area contributed by atoms with E-state index in [2.05, 4.69) is 0 Å². The molecule has 3 heteroatoms. The van der Waals surface area contributed by atoms with E-state index in [1.54, 1.807) is 6.92 Å². The fourth-order valence-corrected chi connectivity index (χ4v) is 1.03. The van der Waals surface area contributed by atoms with E-state index in [9.17, 15) is 0 Å². The average molecular weight is 132 g/mol. The number of rotatable bonds is 1. The van der Waals surface area contributed by atoms with Gasteiger partial charge in [0.25, 0.3) is 0 Å². The Morgan fingerprint density at radius 1 is 1.67 bits per heavy atom. The zero-order valence-electron chi connectivity index (χ0n) is 5.45. The highest BCUT2D eigenvalue weighted by Crippen LogP contribution is 2.18. The Morgan fingerprint density at radius 2 is 2.33 bits per heavy atom. The van der Waals surface area contributed by atoms with Crippen LogP contribution in [-0.4, -0.2) is 35.1 Å². The first-order valence-electron chi connectivity index (χ1n) is 3.18. The molecule has 1 saturated heterocycles. The molecule has 0 aromatic rings. The number of aliphatic hydroxyl groups excluding tert-OH is 2. The van der Waals surface area contributed by atoms with Crippen LogP contribution in [0.2, 0.25) is 0 Å². The summed E-state index contributed by atoms with van der Waals surface area (Å²) in [4.78, 5) is 0. The van der Waals surface area contributed by atoms with Crippen molar-refractivity contribution in [2.45, 2.75) is 31.7 Å². The van der Waals surface area contributed by atoms with Crippen molar-refractivity contribution in [3.8, 4) is 0 Å². The first kappa shape index (κ1) is 6.99. The minimum absolute atomic E-state index is 0.0153. The largest absolute Gasteiger partial charge is 0.394 e. The molecule has 1 aliphatic rings. The minimum Gasteiger partial charge on any atom is -0.394 e. The second-order valence-electron chi connectivity index (χ2n) is 2.45. The summed E-state index contributed by atoms with van der Waals surface area (Å²) in [5.41, 5.74) is 0. The maximum Gasteiger partial charge on any atom is 0.0836 e. The number of hydrogen-bond acceptors (Lipinski definition) is 3. The highest BCUT2D eigenvalue weighted by atomic mass is 16.5.